The number of anilines is 2. The van der Waals surface area contributed by atoms with Crippen LogP contribution in [0, 0.1) is 5.92 Å². The van der Waals surface area contributed by atoms with Gasteiger partial charge in [0, 0.05) is 31.0 Å². The second kappa shape index (κ2) is 7.17. The molecule has 3 nitrogen and oxygen atoms in total. The molecule has 2 N–H and O–H groups in total. The largest absolute Gasteiger partial charge is 0.391 e. The summed E-state index contributed by atoms with van der Waals surface area (Å²) in [5.41, 5.74) is 2.44. The zero-order chi connectivity index (χ0) is 14.5. The molecule has 21 heavy (non-hydrogen) atoms. The monoisotopic (exact) mass is 288 g/mol. The highest BCUT2D eigenvalue weighted by Gasteiger charge is 2.18. The predicted molar refractivity (Wildman–Crippen MR) is 89.0 cm³/mol. The number of benzene rings is 1. The van der Waals surface area contributed by atoms with Gasteiger partial charge in [0.15, 0.2) is 0 Å². The number of aliphatic hydroxyl groups is 1. The maximum Gasteiger partial charge on any atom is 0.0715 e. The van der Waals surface area contributed by atoms with Gasteiger partial charge in [-0.25, -0.2) is 0 Å². The van der Waals surface area contributed by atoms with Gasteiger partial charge < -0.3 is 15.3 Å². The number of aliphatic hydroxyl groups excluding tert-OH is 1. The highest BCUT2D eigenvalue weighted by Crippen LogP contribution is 2.28. The Hall–Kier alpha value is -1.22. The van der Waals surface area contributed by atoms with Crippen LogP contribution >= 0.6 is 0 Å². The molecule has 2 fully saturated rings. The van der Waals surface area contributed by atoms with Gasteiger partial charge in [0.05, 0.1) is 6.10 Å². The van der Waals surface area contributed by atoms with Crippen LogP contribution in [-0.4, -0.2) is 30.8 Å². The van der Waals surface area contributed by atoms with Crippen LogP contribution in [0.15, 0.2) is 24.3 Å². The Balaban J connectivity index is 1.44. The Labute approximate surface area is 128 Å². The molecule has 3 heteroatoms. The average Bonchev–Trinajstić information content (AvgIpc) is 3.19. The van der Waals surface area contributed by atoms with Crippen molar-refractivity contribution in [1.82, 2.24) is 0 Å². The van der Waals surface area contributed by atoms with Crippen LogP contribution in [0.25, 0.3) is 0 Å². The quantitative estimate of drug-likeness (QED) is 0.839. The van der Waals surface area contributed by atoms with Crippen LogP contribution in [0.5, 0.6) is 0 Å². The Morgan fingerprint density at radius 3 is 2.38 bits per heavy atom. The van der Waals surface area contributed by atoms with Crippen molar-refractivity contribution in [3.05, 3.63) is 24.3 Å². The van der Waals surface area contributed by atoms with Gasteiger partial charge in [-0.3, -0.25) is 0 Å². The third-order valence-electron chi connectivity index (χ3n) is 4.96. The lowest BCUT2D eigenvalue weighted by Gasteiger charge is -2.19. The molecule has 0 spiro atoms. The Morgan fingerprint density at radius 2 is 1.71 bits per heavy atom. The molecule has 1 saturated heterocycles. The van der Waals surface area contributed by atoms with Gasteiger partial charge in [-0.1, -0.05) is 25.7 Å². The van der Waals surface area contributed by atoms with Crippen LogP contribution in [0.2, 0.25) is 0 Å². The molecule has 1 heterocycles. The second-order valence-corrected chi connectivity index (χ2v) is 6.66. The first-order valence-electron chi connectivity index (χ1n) is 8.58. The van der Waals surface area contributed by atoms with Crippen molar-refractivity contribution in [1.29, 1.82) is 0 Å². The van der Waals surface area contributed by atoms with Crippen molar-refractivity contribution >= 4 is 11.4 Å². The fourth-order valence-electron chi connectivity index (χ4n) is 3.72. The Bertz CT molecular complexity index is 419. The lowest BCUT2D eigenvalue weighted by Crippen LogP contribution is -2.22. The maximum absolute atomic E-state index is 10.1. The van der Waals surface area contributed by atoms with Crippen LogP contribution in [0.3, 0.4) is 0 Å². The summed E-state index contributed by atoms with van der Waals surface area (Å²) in [5, 5.41) is 13.5. The molecule has 0 radical (unpaired) electrons. The molecule has 1 atom stereocenters. The fraction of sp³-hybridized carbons (Fsp3) is 0.667. The van der Waals surface area contributed by atoms with E-state index >= 15 is 0 Å². The summed E-state index contributed by atoms with van der Waals surface area (Å²) in [7, 11) is 0. The minimum Gasteiger partial charge on any atom is -0.391 e. The summed E-state index contributed by atoms with van der Waals surface area (Å²) in [6.07, 6.45) is 8.68. The molecule has 1 aliphatic heterocycles. The van der Waals surface area contributed by atoms with Crippen molar-refractivity contribution < 1.29 is 5.11 Å². The van der Waals surface area contributed by atoms with Crippen LogP contribution in [0.4, 0.5) is 11.4 Å². The van der Waals surface area contributed by atoms with Gasteiger partial charge in [-0.2, -0.15) is 0 Å². The van der Waals surface area contributed by atoms with Crippen molar-refractivity contribution in [2.75, 3.05) is 29.9 Å². The topological polar surface area (TPSA) is 35.5 Å². The molecule has 1 aromatic rings. The summed E-state index contributed by atoms with van der Waals surface area (Å²) >= 11 is 0. The standard InChI is InChI=1S/C18H28N2O/c21-18(13-15-5-1-2-6-15)14-19-16-7-9-17(10-8-16)20-11-3-4-12-20/h7-10,15,18-19,21H,1-6,11-14H2. The van der Waals surface area contributed by atoms with E-state index in [2.05, 4.69) is 34.5 Å². The van der Waals surface area contributed by atoms with E-state index in [9.17, 15) is 5.11 Å². The fourth-order valence-corrected chi connectivity index (χ4v) is 3.72. The van der Waals surface area contributed by atoms with Gasteiger partial charge in [0.25, 0.3) is 0 Å². The van der Waals surface area contributed by atoms with Gasteiger partial charge in [-0.15, -0.1) is 0 Å². The minimum atomic E-state index is -0.216. The van der Waals surface area contributed by atoms with E-state index in [-0.39, 0.29) is 6.10 Å². The van der Waals surface area contributed by atoms with Gasteiger partial charge in [-0.05, 0) is 49.4 Å². The molecular weight excluding hydrogens is 260 g/mol. The third kappa shape index (κ3) is 4.13. The molecule has 3 rings (SSSR count). The molecule has 1 aliphatic carbocycles. The van der Waals surface area contributed by atoms with E-state index in [0.717, 1.165) is 18.0 Å². The van der Waals surface area contributed by atoms with Gasteiger partial charge in [0.2, 0.25) is 0 Å². The normalized spacial score (nSPS) is 20.9. The second-order valence-electron chi connectivity index (χ2n) is 6.66. The van der Waals surface area contributed by atoms with E-state index in [4.69, 9.17) is 0 Å². The molecule has 1 unspecified atom stereocenters. The van der Waals surface area contributed by atoms with Crippen molar-refractivity contribution in [2.24, 2.45) is 5.92 Å². The van der Waals surface area contributed by atoms with Gasteiger partial charge >= 0.3 is 0 Å². The zero-order valence-electron chi connectivity index (χ0n) is 12.9. The zero-order valence-corrected chi connectivity index (χ0v) is 12.9. The molecule has 2 aliphatic rings. The molecule has 0 amide bonds. The van der Waals surface area contributed by atoms with E-state index in [1.165, 1.54) is 57.3 Å². The first kappa shape index (κ1) is 14.7. The van der Waals surface area contributed by atoms with E-state index in [1.807, 2.05) is 0 Å². The third-order valence-corrected chi connectivity index (χ3v) is 4.96. The van der Waals surface area contributed by atoms with Crippen molar-refractivity contribution in [3.63, 3.8) is 0 Å². The molecule has 116 valence electrons. The van der Waals surface area contributed by atoms with Crippen LogP contribution in [-0.2, 0) is 0 Å². The van der Waals surface area contributed by atoms with Gasteiger partial charge in [0.1, 0.15) is 0 Å². The van der Waals surface area contributed by atoms with Crippen molar-refractivity contribution in [2.45, 2.75) is 51.0 Å². The van der Waals surface area contributed by atoms with Crippen LogP contribution in [0.1, 0.15) is 44.9 Å². The summed E-state index contributed by atoms with van der Waals surface area (Å²) in [6, 6.07) is 8.65. The number of hydrogen-bond donors (Lipinski definition) is 2. The molecule has 1 saturated carbocycles. The molecule has 0 bridgehead atoms. The smallest absolute Gasteiger partial charge is 0.0715 e. The number of nitrogens with one attached hydrogen (secondary N) is 1. The average molecular weight is 288 g/mol. The number of nitrogens with zero attached hydrogens (tertiary/aromatic N) is 1. The highest BCUT2D eigenvalue weighted by molar-refractivity contribution is 5.55. The van der Waals surface area contributed by atoms with E-state index < -0.39 is 0 Å². The summed E-state index contributed by atoms with van der Waals surface area (Å²) in [6.45, 7) is 3.04. The SMILES string of the molecule is OC(CNc1ccc(N2CCCC2)cc1)CC1CCCC1. The lowest BCUT2D eigenvalue weighted by atomic mass is 10.00. The van der Waals surface area contributed by atoms with E-state index in [1.54, 1.807) is 0 Å². The molecular formula is C18H28N2O. The first-order chi connectivity index (χ1) is 10.3. The summed E-state index contributed by atoms with van der Waals surface area (Å²) < 4.78 is 0. The van der Waals surface area contributed by atoms with Crippen LogP contribution < -0.4 is 10.2 Å². The van der Waals surface area contributed by atoms with Crippen molar-refractivity contribution in [3.8, 4) is 0 Å². The molecule has 1 aromatic carbocycles. The number of hydrogen-bond acceptors (Lipinski definition) is 3. The highest BCUT2D eigenvalue weighted by atomic mass is 16.3. The Morgan fingerprint density at radius 1 is 1.05 bits per heavy atom. The van der Waals surface area contributed by atoms with E-state index in [0.29, 0.717) is 6.54 Å². The summed E-state index contributed by atoms with van der Waals surface area (Å²) in [5.74, 6) is 0.749. The summed E-state index contributed by atoms with van der Waals surface area (Å²) in [4.78, 5) is 2.44. The molecule has 0 aromatic heterocycles. The Kier molecular flexibility index (Phi) is 5.02. The predicted octanol–water partition coefficient (Wildman–Crippen LogP) is 3.64. The lowest BCUT2D eigenvalue weighted by molar-refractivity contribution is 0.155. The number of rotatable bonds is 6. The first-order valence-corrected chi connectivity index (χ1v) is 8.58. The minimum absolute atomic E-state index is 0.216. The maximum atomic E-state index is 10.1.